The Morgan fingerprint density at radius 3 is 2.93 bits per heavy atom. The molecule has 0 saturated carbocycles. The van der Waals surface area contributed by atoms with Crippen LogP contribution in [0.1, 0.15) is 11.8 Å². The molecule has 1 aliphatic rings. The fraction of sp³-hybridized carbons (Fsp3) is 0.333. The molecule has 15 heavy (non-hydrogen) atoms. The number of thiophene rings is 1. The van der Waals surface area contributed by atoms with Crippen LogP contribution in [0.3, 0.4) is 0 Å². The number of halogens is 1. The van der Waals surface area contributed by atoms with E-state index in [2.05, 4.69) is 15.5 Å². The second kappa shape index (κ2) is 4.30. The number of aromatic nitrogens is 2. The largest absolute Gasteiger partial charge is 0.339 e. The summed E-state index contributed by atoms with van der Waals surface area (Å²) in [5, 5.41) is 9.15. The Kier molecular flexibility index (Phi) is 3.04. The SMILES string of the molecule is Cl.c1csc(-c2noc(C3CNC3)n2)c1. The van der Waals surface area contributed by atoms with Crippen molar-refractivity contribution >= 4 is 23.7 Å². The highest BCUT2D eigenvalue weighted by Crippen LogP contribution is 2.24. The van der Waals surface area contributed by atoms with Gasteiger partial charge in [0.05, 0.1) is 10.8 Å². The van der Waals surface area contributed by atoms with Gasteiger partial charge >= 0.3 is 0 Å². The molecule has 3 rings (SSSR count). The number of nitrogens with zero attached hydrogens (tertiary/aromatic N) is 2. The highest BCUT2D eigenvalue weighted by Gasteiger charge is 2.25. The summed E-state index contributed by atoms with van der Waals surface area (Å²) in [5.41, 5.74) is 0. The van der Waals surface area contributed by atoms with E-state index in [-0.39, 0.29) is 12.4 Å². The first-order valence-electron chi connectivity index (χ1n) is 4.51. The lowest BCUT2D eigenvalue weighted by atomic mass is 10.0. The first-order chi connectivity index (χ1) is 6.93. The normalized spacial score (nSPS) is 15.7. The average Bonchev–Trinajstić information content (AvgIpc) is 2.65. The maximum absolute atomic E-state index is 5.20. The van der Waals surface area contributed by atoms with E-state index in [1.807, 2.05) is 17.5 Å². The van der Waals surface area contributed by atoms with Crippen LogP contribution in [0.25, 0.3) is 10.7 Å². The molecule has 1 fully saturated rings. The zero-order chi connectivity index (χ0) is 9.38. The molecule has 0 aromatic carbocycles. The van der Waals surface area contributed by atoms with Crippen LogP contribution in [-0.4, -0.2) is 23.2 Å². The predicted octanol–water partition coefficient (Wildman–Crippen LogP) is 1.91. The van der Waals surface area contributed by atoms with Gasteiger partial charge in [0.25, 0.3) is 0 Å². The first kappa shape index (κ1) is 10.6. The molecule has 80 valence electrons. The van der Waals surface area contributed by atoms with Crippen LogP contribution in [0, 0.1) is 0 Å². The van der Waals surface area contributed by atoms with Crippen molar-refractivity contribution in [3.8, 4) is 10.7 Å². The number of rotatable bonds is 2. The van der Waals surface area contributed by atoms with Gasteiger partial charge in [-0.25, -0.2) is 0 Å². The van der Waals surface area contributed by atoms with Gasteiger partial charge < -0.3 is 9.84 Å². The monoisotopic (exact) mass is 243 g/mol. The lowest BCUT2D eigenvalue weighted by Crippen LogP contribution is -2.40. The van der Waals surface area contributed by atoms with E-state index in [1.54, 1.807) is 11.3 Å². The van der Waals surface area contributed by atoms with Gasteiger partial charge in [-0.3, -0.25) is 0 Å². The summed E-state index contributed by atoms with van der Waals surface area (Å²) in [7, 11) is 0. The van der Waals surface area contributed by atoms with E-state index in [4.69, 9.17) is 4.52 Å². The summed E-state index contributed by atoms with van der Waals surface area (Å²) in [6.45, 7) is 1.90. The van der Waals surface area contributed by atoms with Crippen LogP contribution in [0.2, 0.25) is 0 Å². The molecule has 1 aliphatic heterocycles. The van der Waals surface area contributed by atoms with Crippen molar-refractivity contribution in [3.05, 3.63) is 23.4 Å². The molecule has 0 aliphatic carbocycles. The molecule has 1 N–H and O–H groups in total. The maximum atomic E-state index is 5.20. The van der Waals surface area contributed by atoms with Crippen molar-refractivity contribution in [1.82, 2.24) is 15.5 Å². The third-order valence-corrected chi connectivity index (χ3v) is 3.18. The van der Waals surface area contributed by atoms with Gasteiger partial charge in [-0.1, -0.05) is 11.2 Å². The Balaban J connectivity index is 0.000000853. The molecule has 0 amide bonds. The summed E-state index contributed by atoms with van der Waals surface area (Å²) in [4.78, 5) is 5.43. The lowest BCUT2D eigenvalue weighted by Gasteiger charge is -2.22. The van der Waals surface area contributed by atoms with Crippen LogP contribution >= 0.6 is 23.7 Å². The second-order valence-corrected chi connectivity index (χ2v) is 4.24. The molecule has 0 bridgehead atoms. The van der Waals surface area contributed by atoms with Gasteiger partial charge in [-0.15, -0.1) is 23.7 Å². The van der Waals surface area contributed by atoms with Gasteiger partial charge in [0.15, 0.2) is 0 Å². The van der Waals surface area contributed by atoms with Crippen molar-refractivity contribution in [3.63, 3.8) is 0 Å². The predicted molar refractivity (Wildman–Crippen MR) is 60.5 cm³/mol. The molecule has 3 heterocycles. The minimum atomic E-state index is 0. The van der Waals surface area contributed by atoms with E-state index >= 15 is 0 Å². The molecule has 2 aromatic heterocycles. The minimum absolute atomic E-state index is 0. The van der Waals surface area contributed by atoms with Crippen LogP contribution < -0.4 is 5.32 Å². The average molecular weight is 244 g/mol. The maximum Gasteiger partial charge on any atom is 0.232 e. The third-order valence-electron chi connectivity index (χ3n) is 2.31. The molecule has 1 saturated heterocycles. The topological polar surface area (TPSA) is 51.0 Å². The van der Waals surface area contributed by atoms with Gasteiger partial charge in [-0.05, 0) is 11.4 Å². The number of nitrogens with one attached hydrogen (secondary N) is 1. The van der Waals surface area contributed by atoms with E-state index in [1.165, 1.54) is 0 Å². The molecule has 0 radical (unpaired) electrons. The molecule has 4 nitrogen and oxygen atoms in total. The van der Waals surface area contributed by atoms with Crippen molar-refractivity contribution in [2.45, 2.75) is 5.92 Å². The van der Waals surface area contributed by atoms with Crippen molar-refractivity contribution in [1.29, 1.82) is 0 Å². The Morgan fingerprint density at radius 1 is 1.47 bits per heavy atom. The second-order valence-electron chi connectivity index (χ2n) is 3.29. The van der Waals surface area contributed by atoms with E-state index in [0.29, 0.717) is 11.7 Å². The smallest absolute Gasteiger partial charge is 0.232 e. The molecule has 6 heteroatoms. The fourth-order valence-corrected chi connectivity index (χ4v) is 2.02. The summed E-state index contributed by atoms with van der Waals surface area (Å²) in [6, 6.07) is 3.99. The Labute approximate surface area is 97.1 Å². The van der Waals surface area contributed by atoms with E-state index in [0.717, 1.165) is 23.9 Å². The van der Waals surface area contributed by atoms with Gasteiger partial charge in [0.1, 0.15) is 0 Å². The van der Waals surface area contributed by atoms with E-state index in [9.17, 15) is 0 Å². The molecule has 0 atom stereocenters. The van der Waals surface area contributed by atoms with Gasteiger partial charge in [0, 0.05) is 13.1 Å². The van der Waals surface area contributed by atoms with Crippen molar-refractivity contribution in [2.24, 2.45) is 0 Å². The molecule has 2 aromatic rings. The van der Waals surface area contributed by atoms with Gasteiger partial charge in [-0.2, -0.15) is 4.98 Å². The molecule has 0 spiro atoms. The third kappa shape index (κ3) is 1.90. The van der Waals surface area contributed by atoms with Crippen LogP contribution in [0.5, 0.6) is 0 Å². The highest BCUT2D eigenvalue weighted by molar-refractivity contribution is 7.13. The first-order valence-corrected chi connectivity index (χ1v) is 5.39. The Hall–Kier alpha value is -0.910. The summed E-state index contributed by atoms with van der Waals surface area (Å²) >= 11 is 1.63. The summed E-state index contributed by atoms with van der Waals surface area (Å²) in [5.74, 6) is 1.88. The van der Waals surface area contributed by atoms with Crippen LogP contribution in [0.15, 0.2) is 22.0 Å². The molecular formula is C9H10ClN3OS. The Bertz CT molecular complexity index is 424. The standard InChI is InChI=1S/C9H9N3OS.ClH/c1-2-7(14-3-1)8-11-9(13-12-8)6-4-10-5-6;/h1-3,6,10H,4-5H2;1H. The van der Waals surface area contributed by atoms with Crippen molar-refractivity contribution < 1.29 is 4.52 Å². The molecular weight excluding hydrogens is 234 g/mol. The highest BCUT2D eigenvalue weighted by atomic mass is 35.5. The number of hydrogen-bond donors (Lipinski definition) is 1. The van der Waals surface area contributed by atoms with Gasteiger partial charge in [0.2, 0.25) is 11.7 Å². The fourth-order valence-electron chi connectivity index (χ4n) is 1.37. The minimum Gasteiger partial charge on any atom is -0.339 e. The molecule has 0 unspecified atom stereocenters. The summed E-state index contributed by atoms with van der Waals surface area (Å²) < 4.78 is 5.20. The summed E-state index contributed by atoms with van der Waals surface area (Å²) in [6.07, 6.45) is 0. The van der Waals surface area contributed by atoms with E-state index < -0.39 is 0 Å². The van der Waals surface area contributed by atoms with Crippen molar-refractivity contribution in [2.75, 3.05) is 13.1 Å². The number of hydrogen-bond acceptors (Lipinski definition) is 5. The Morgan fingerprint density at radius 2 is 2.33 bits per heavy atom. The van der Waals surface area contributed by atoms with Crippen LogP contribution in [0.4, 0.5) is 0 Å². The zero-order valence-electron chi connectivity index (χ0n) is 7.84. The van der Waals surface area contributed by atoms with Crippen LogP contribution in [-0.2, 0) is 0 Å². The quantitative estimate of drug-likeness (QED) is 0.876. The zero-order valence-corrected chi connectivity index (χ0v) is 9.48. The lowest BCUT2D eigenvalue weighted by molar-refractivity contribution is 0.308.